The van der Waals surface area contributed by atoms with Gasteiger partial charge in [-0.05, 0) is 49.0 Å². The van der Waals surface area contributed by atoms with Crippen LogP contribution in [0, 0.1) is 24.2 Å². The van der Waals surface area contributed by atoms with E-state index in [0.717, 1.165) is 31.4 Å². The Bertz CT molecular complexity index is 468. The van der Waals surface area contributed by atoms with Crippen LogP contribution in [0.5, 0.6) is 0 Å². The monoisotopic (exact) mass is 288 g/mol. The Balaban J connectivity index is 2.03. The van der Waals surface area contributed by atoms with Crippen molar-refractivity contribution < 1.29 is 5.11 Å². The molecule has 0 bridgehead atoms. The van der Waals surface area contributed by atoms with Crippen LogP contribution in [0.1, 0.15) is 53.4 Å². The third kappa shape index (κ3) is 4.00. The zero-order chi connectivity index (χ0) is 15.6. The molecule has 2 aliphatic carbocycles. The molecule has 117 valence electrons. The fraction of sp³-hybridized carbons (Fsp3) is 0.632. The van der Waals surface area contributed by atoms with Gasteiger partial charge in [0.2, 0.25) is 0 Å². The fourth-order valence-electron chi connectivity index (χ4n) is 3.26. The summed E-state index contributed by atoms with van der Waals surface area (Å²) in [5.41, 5.74) is 11.0. The van der Waals surface area contributed by atoms with E-state index in [1.54, 1.807) is 0 Å². The summed E-state index contributed by atoms with van der Waals surface area (Å²) in [6, 6.07) is 0. The molecular formula is C19H30NO. The van der Waals surface area contributed by atoms with Gasteiger partial charge in [0.1, 0.15) is 0 Å². The number of rotatable bonds is 5. The Hall–Kier alpha value is -1.02. The number of nitrogens with two attached hydrogens (primary N) is 1. The van der Waals surface area contributed by atoms with Crippen LogP contribution in [0.25, 0.3) is 0 Å². The zero-order valence-corrected chi connectivity index (χ0v) is 13.9. The molecule has 0 aliphatic heterocycles. The molecule has 0 aromatic rings. The normalized spacial score (nSPS) is 24.6. The molecule has 0 aromatic heterocycles. The number of aliphatic hydroxyl groups is 1. The lowest BCUT2D eigenvalue weighted by molar-refractivity contribution is 0.101. The molecule has 0 saturated heterocycles. The first-order valence-electron chi connectivity index (χ1n) is 8.30. The zero-order valence-electron chi connectivity index (χ0n) is 13.9. The van der Waals surface area contributed by atoms with Gasteiger partial charge < -0.3 is 10.8 Å². The molecule has 2 unspecified atom stereocenters. The van der Waals surface area contributed by atoms with Gasteiger partial charge in [0.05, 0.1) is 6.10 Å². The first-order valence-corrected chi connectivity index (χ1v) is 8.30. The molecule has 2 heteroatoms. The van der Waals surface area contributed by atoms with E-state index in [2.05, 4.69) is 46.3 Å². The Morgan fingerprint density at radius 3 is 2.48 bits per heavy atom. The van der Waals surface area contributed by atoms with Crippen molar-refractivity contribution in [2.75, 3.05) is 0 Å². The molecule has 21 heavy (non-hydrogen) atoms. The second-order valence-electron chi connectivity index (χ2n) is 7.16. The fourth-order valence-corrected chi connectivity index (χ4v) is 3.26. The molecule has 0 amide bonds. The molecule has 2 rings (SSSR count). The third-order valence-electron chi connectivity index (χ3n) is 4.78. The van der Waals surface area contributed by atoms with Crippen LogP contribution in [-0.4, -0.2) is 11.2 Å². The van der Waals surface area contributed by atoms with Gasteiger partial charge >= 0.3 is 0 Å². The average Bonchev–Trinajstić information content (AvgIpc) is 2.83. The molecule has 1 radical (unpaired) electrons. The van der Waals surface area contributed by atoms with Crippen molar-refractivity contribution in [1.82, 2.24) is 0 Å². The molecule has 2 aliphatic rings. The van der Waals surface area contributed by atoms with E-state index in [9.17, 15) is 5.11 Å². The second kappa shape index (κ2) is 6.83. The Labute approximate surface area is 129 Å². The Morgan fingerprint density at radius 1 is 1.24 bits per heavy atom. The van der Waals surface area contributed by atoms with Crippen molar-refractivity contribution >= 4 is 0 Å². The lowest BCUT2D eigenvalue weighted by atomic mass is 9.84. The largest absolute Gasteiger partial charge is 0.402 e. The summed E-state index contributed by atoms with van der Waals surface area (Å²) in [4.78, 5) is 0. The van der Waals surface area contributed by atoms with Crippen molar-refractivity contribution in [3.05, 3.63) is 41.0 Å². The van der Waals surface area contributed by atoms with Crippen LogP contribution >= 0.6 is 0 Å². The van der Waals surface area contributed by atoms with Crippen LogP contribution in [-0.2, 0) is 0 Å². The Morgan fingerprint density at radius 2 is 1.95 bits per heavy atom. The second-order valence-corrected chi connectivity index (χ2v) is 7.16. The third-order valence-corrected chi connectivity index (χ3v) is 4.78. The Kier molecular flexibility index (Phi) is 5.32. The predicted molar refractivity (Wildman–Crippen MR) is 89.3 cm³/mol. The van der Waals surface area contributed by atoms with Crippen molar-refractivity contribution in [2.45, 2.75) is 59.5 Å². The quantitative estimate of drug-likeness (QED) is 0.799. The van der Waals surface area contributed by atoms with Gasteiger partial charge in [-0.3, -0.25) is 0 Å². The summed E-state index contributed by atoms with van der Waals surface area (Å²) < 4.78 is 0. The molecule has 0 aromatic carbocycles. The minimum Gasteiger partial charge on any atom is -0.402 e. The van der Waals surface area contributed by atoms with Gasteiger partial charge in [-0.1, -0.05) is 51.0 Å². The lowest BCUT2D eigenvalue weighted by Gasteiger charge is -2.26. The van der Waals surface area contributed by atoms with Crippen LogP contribution in [0.4, 0.5) is 0 Å². The molecule has 0 fully saturated rings. The summed E-state index contributed by atoms with van der Waals surface area (Å²) in [5, 5.41) is 10.6. The van der Waals surface area contributed by atoms with Crippen LogP contribution in [0.15, 0.2) is 34.6 Å². The summed E-state index contributed by atoms with van der Waals surface area (Å²) in [6.45, 7) is 8.93. The standard InChI is InChI=1S/C19H30NO/c1-12(2)15-9-16(18(10-15)13(3)4)11-19(21)14-5-7-17(20)8-6-14/h7,9-10,12-14,19,21H,5-6,8,11,20H2,1-4H3. The number of allylic oxidation sites excluding steroid dienone is 5. The highest BCUT2D eigenvalue weighted by molar-refractivity contribution is 5.49. The van der Waals surface area contributed by atoms with Crippen molar-refractivity contribution in [2.24, 2.45) is 23.5 Å². The van der Waals surface area contributed by atoms with E-state index >= 15 is 0 Å². The molecule has 0 heterocycles. The molecule has 3 N–H and O–H groups in total. The van der Waals surface area contributed by atoms with Gasteiger partial charge in [0.25, 0.3) is 0 Å². The van der Waals surface area contributed by atoms with Crippen LogP contribution in [0.2, 0.25) is 0 Å². The number of aliphatic hydroxyl groups excluding tert-OH is 1. The SMILES string of the molecule is CC(C)C1=CC(C(C)C)=C(CC(O)C2CC=C(N)CC2)[CH]1. The first kappa shape index (κ1) is 16.4. The minimum atomic E-state index is -0.255. The van der Waals surface area contributed by atoms with Crippen molar-refractivity contribution in [3.63, 3.8) is 0 Å². The highest BCUT2D eigenvalue weighted by Gasteiger charge is 2.26. The van der Waals surface area contributed by atoms with Gasteiger partial charge in [-0.25, -0.2) is 0 Å². The summed E-state index contributed by atoms with van der Waals surface area (Å²) in [7, 11) is 0. The molecule has 0 spiro atoms. The van der Waals surface area contributed by atoms with E-state index in [1.165, 1.54) is 16.7 Å². The van der Waals surface area contributed by atoms with E-state index in [4.69, 9.17) is 5.73 Å². The first-order chi connectivity index (χ1) is 9.88. The topological polar surface area (TPSA) is 46.2 Å². The molecule has 0 saturated carbocycles. The smallest absolute Gasteiger partial charge is 0.0609 e. The van der Waals surface area contributed by atoms with Crippen molar-refractivity contribution in [3.8, 4) is 0 Å². The average molecular weight is 288 g/mol. The van der Waals surface area contributed by atoms with E-state index in [0.29, 0.717) is 17.8 Å². The maximum atomic E-state index is 10.6. The van der Waals surface area contributed by atoms with Gasteiger partial charge in [-0.15, -0.1) is 0 Å². The minimum absolute atomic E-state index is 0.255. The van der Waals surface area contributed by atoms with E-state index in [1.807, 2.05) is 0 Å². The highest BCUT2D eigenvalue weighted by Crippen LogP contribution is 2.37. The van der Waals surface area contributed by atoms with E-state index in [-0.39, 0.29) is 6.10 Å². The van der Waals surface area contributed by atoms with Crippen molar-refractivity contribution in [1.29, 1.82) is 0 Å². The van der Waals surface area contributed by atoms with Gasteiger partial charge in [0.15, 0.2) is 0 Å². The lowest BCUT2D eigenvalue weighted by Crippen LogP contribution is -2.24. The predicted octanol–water partition coefficient (Wildman–Crippen LogP) is 4.13. The van der Waals surface area contributed by atoms with Crippen LogP contribution in [0.3, 0.4) is 0 Å². The highest BCUT2D eigenvalue weighted by atomic mass is 16.3. The number of hydrogen-bond donors (Lipinski definition) is 2. The maximum absolute atomic E-state index is 10.6. The molecular weight excluding hydrogens is 258 g/mol. The molecule has 2 atom stereocenters. The summed E-state index contributed by atoms with van der Waals surface area (Å²) in [6.07, 6.45) is 10.1. The van der Waals surface area contributed by atoms with Gasteiger partial charge in [-0.2, -0.15) is 0 Å². The van der Waals surface area contributed by atoms with Gasteiger partial charge in [0, 0.05) is 12.1 Å². The van der Waals surface area contributed by atoms with E-state index < -0.39 is 0 Å². The maximum Gasteiger partial charge on any atom is 0.0609 e. The van der Waals surface area contributed by atoms with Crippen LogP contribution < -0.4 is 5.73 Å². The molecule has 2 nitrogen and oxygen atoms in total. The summed E-state index contributed by atoms with van der Waals surface area (Å²) >= 11 is 0. The summed E-state index contributed by atoms with van der Waals surface area (Å²) in [5.74, 6) is 1.42. The number of hydrogen-bond acceptors (Lipinski definition) is 2.